The van der Waals surface area contributed by atoms with Crippen molar-refractivity contribution in [1.82, 2.24) is 0 Å². The van der Waals surface area contributed by atoms with E-state index in [-0.39, 0.29) is 5.57 Å². The number of carbonyl (C=O) groups excluding carboxylic acids is 1. The molecular formula is C12H20O5. The first-order valence-corrected chi connectivity index (χ1v) is 5.09. The highest BCUT2D eigenvalue weighted by Crippen LogP contribution is 1.98. The van der Waals surface area contributed by atoms with Crippen LogP contribution in [0.5, 0.6) is 0 Å². The molecule has 0 spiro atoms. The van der Waals surface area contributed by atoms with Crippen molar-refractivity contribution in [3.05, 3.63) is 24.3 Å². The zero-order chi connectivity index (χ0) is 14.0. The lowest BCUT2D eigenvalue weighted by Crippen LogP contribution is -2.18. The summed E-state index contributed by atoms with van der Waals surface area (Å²) in [6.07, 6.45) is -0.482. The molecule has 0 saturated heterocycles. The molecule has 1 unspecified atom stereocenters. The summed E-state index contributed by atoms with van der Waals surface area (Å²) in [6, 6.07) is 0. The van der Waals surface area contributed by atoms with E-state index < -0.39 is 18.2 Å². The zero-order valence-corrected chi connectivity index (χ0v) is 10.8. The number of esters is 1. The number of carboxylic acids is 1. The first-order valence-electron chi connectivity index (χ1n) is 5.09. The molecule has 0 aromatic rings. The van der Waals surface area contributed by atoms with Crippen LogP contribution in [-0.4, -0.2) is 29.9 Å². The van der Waals surface area contributed by atoms with Crippen molar-refractivity contribution < 1.29 is 24.2 Å². The summed E-state index contributed by atoms with van der Waals surface area (Å²) in [4.78, 5) is 20.4. The Morgan fingerprint density at radius 1 is 1.24 bits per heavy atom. The van der Waals surface area contributed by atoms with Crippen molar-refractivity contribution in [3.63, 3.8) is 0 Å². The molecule has 0 aliphatic heterocycles. The molecule has 0 amide bonds. The summed E-state index contributed by atoms with van der Waals surface area (Å²) in [5, 5.41) is 7.89. The van der Waals surface area contributed by atoms with E-state index in [0.29, 0.717) is 12.2 Å². The molecule has 0 fully saturated rings. The Morgan fingerprint density at radius 2 is 1.65 bits per heavy atom. The highest BCUT2D eigenvalue weighted by Gasteiger charge is 2.08. The average molecular weight is 244 g/mol. The Labute approximate surface area is 102 Å². The van der Waals surface area contributed by atoms with Gasteiger partial charge in [0.05, 0.1) is 0 Å². The Bertz CT molecular complexity index is 281. The Morgan fingerprint density at radius 3 is 1.88 bits per heavy atom. The van der Waals surface area contributed by atoms with Crippen LogP contribution in [0.25, 0.3) is 0 Å². The molecule has 0 radical (unpaired) electrons. The van der Waals surface area contributed by atoms with E-state index in [0.717, 1.165) is 0 Å². The Kier molecular flexibility index (Phi) is 10.0. The number of ether oxygens (including phenoxy) is 2. The maximum atomic E-state index is 10.8. The molecule has 17 heavy (non-hydrogen) atoms. The van der Waals surface area contributed by atoms with Gasteiger partial charge >= 0.3 is 11.9 Å². The quantitative estimate of drug-likeness (QED) is 0.455. The fraction of sp³-hybridized carbons (Fsp3) is 0.500. The molecule has 0 bridgehead atoms. The molecule has 0 aliphatic carbocycles. The van der Waals surface area contributed by atoms with Gasteiger partial charge in [0.1, 0.15) is 0 Å². The van der Waals surface area contributed by atoms with Gasteiger partial charge in [-0.15, -0.1) is 0 Å². The molecule has 0 saturated carbocycles. The maximum absolute atomic E-state index is 10.8. The van der Waals surface area contributed by atoms with Crippen LogP contribution < -0.4 is 0 Å². The smallest absolute Gasteiger partial charge is 0.335 e. The van der Waals surface area contributed by atoms with E-state index in [1.165, 1.54) is 6.92 Å². The van der Waals surface area contributed by atoms with Crippen LogP contribution in [0.4, 0.5) is 0 Å². The minimum Gasteiger partial charge on any atom is -0.478 e. The second-order valence-corrected chi connectivity index (χ2v) is 3.29. The van der Waals surface area contributed by atoms with Gasteiger partial charge in [-0.25, -0.2) is 9.59 Å². The van der Waals surface area contributed by atoms with Crippen molar-refractivity contribution >= 4 is 11.9 Å². The molecule has 0 aliphatic rings. The number of carboxylic acid groups (broad SMARTS) is 1. The standard InChI is InChI=1S/C8H14O3.C4H6O2/c1-5-10-7(4)11-8(9)6(2)3;1-3(2)4(5)6/h7H,2,5H2,1,3-4H3;1H2,2H3,(H,5,6). The SMILES string of the molecule is C=C(C)C(=O)O.C=C(C)C(=O)OC(C)OCC. The number of hydrogen-bond donors (Lipinski definition) is 1. The summed E-state index contributed by atoms with van der Waals surface area (Å²) in [5.41, 5.74) is 0.562. The Hall–Kier alpha value is -1.62. The van der Waals surface area contributed by atoms with Crippen LogP contribution in [0, 0.1) is 0 Å². The van der Waals surface area contributed by atoms with Gasteiger partial charge in [0.15, 0.2) is 6.29 Å². The van der Waals surface area contributed by atoms with Gasteiger partial charge in [0, 0.05) is 17.8 Å². The second-order valence-electron chi connectivity index (χ2n) is 3.29. The molecule has 5 nitrogen and oxygen atoms in total. The lowest BCUT2D eigenvalue weighted by Gasteiger charge is -2.11. The van der Waals surface area contributed by atoms with Crippen LogP contribution in [0.2, 0.25) is 0 Å². The molecular weight excluding hydrogens is 224 g/mol. The molecule has 98 valence electrons. The van der Waals surface area contributed by atoms with E-state index in [9.17, 15) is 9.59 Å². The predicted octanol–water partition coefficient (Wildman–Crippen LogP) is 2.14. The highest BCUT2D eigenvalue weighted by molar-refractivity contribution is 5.87. The number of carbonyl (C=O) groups is 2. The fourth-order valence-corrected chi connectivity index (χ4v) is 0.520. The first-order chi connectivity index (χ1) is 7.72. The van der Waals surface area contributed by atoms with E-state index in [2.05, 4.69) is 13.2 Å². The largest absolute Gasteiger partial charge is 0.478 e. The molecule has 0 aromatic heterocycles. The van der Waals surface area contributed by atoms with Gasteiger partial charge in [-0.1, -0.05) is 13.2 Å². The predicted molar refractivity (Wildman–Crippen MR) is 64.4 cm³/mol. The summed E-state index contributed by atoms with van der Waals surface area (Å²) in [7, 11) is 0. The molecule has 0 aromatic carbocycles. The summed E-state index contributed by atoms with van der Waals surface area (Å²) >= 11 is 0. The van der Waals surface area contributed by atoms with Gasteiger partial charge in [-0.3, -0.25) is 0 Å². The van der Waals surface area contributed by atoms with Crippen molar-refractivity contribution in [1.29, 1.82) is 0 Å². The van der Waals surface area contributed by atoms with Crippen LogP contribution in [0.15, 0.2) is 24.3 Å². The van der Waals surface area contributed by atoms with Crippen LogP contribution in [0.3, 0.4) is 0 Å². The van der Waals surface area contributed by atoms with Crippen LogP contribution >= 0.6 is 0 Å². The minimum absolute atomic E-state index is 0.176. The molecule has 1 atom stereocenters. The Balaban J connectivity index is 0. The summed E-state index contributed by atoms with van der Waals surface area (Å²) in [6.45, 7) is 13.7. The monoisotopic (exact) mass is 244 g/mol. The maximum Gasteiger partial charge on any atom is 0.335 e. The minimum atomic E-state index is -0.935. The van der Waals surface area contributed by atoms with Gasteiger partial charge in [-0.05, 0) is 27.7 Å². The van der Waals surface area contributed by atoms with Crippen molar-refractivity contribution in [2.24, 2.45) is 0 Å². The number of hydrogen-bond acceptors (Lipinski definition) is 4. The van der Waals surface area contributed by atoms with E-state index in [1.807, 2.05) is 6.92 Å². The fourth-order valence-electron chi connectivity index (χ4n) is 0.520. The summed E-state index contributed by atoms with van der Waals surface area (Å²) in [5.74, 6) is -1.35. The van der Waals surface area contributed by atoms with E-state index in [1.54, 1.807) is 13.8 Å². The highest BCUT2D eigenvalue weighted by atomic mass is 16.7. The van der Waals surface area contributed by atoms with Crippen molar-refractivity contribution in [2.75, 3.05) is 6.61 Å². The van der Waals surface area contributed by atoms with Crippen LogP contribution in [-0.2, 0) is 19.1 Å². The van der Waals surface area contributed by atoms with Crippen molar-refractivity contribution in [2.45, 2.75) is 34.0 Å². The molecule has 5 heteroatoms. The van der Waals surface area contributed by atoms with Crippen molar-refractivity contribution in [3.8, 4) is 0 Å². The lowest BCUT2D eigenvalue weighted by atomic mass is 10.4. The number of aliphatic carboxylic acids is 1. The van der Waals surface area contributed by atoms with E-state index in [4.69, 9.17) is 14.6 Å². The third kappa shape index (κ3) is 12.3. The number of rotatable bonds is 5. The average Bonchev–Trinajstić information content (AvgIpc) is 2.18. The molecule has 1 N–H and O–H groups in total. The topological polar surface area (TPSA) is 72.8 Å². The zero-order valence-electron chi connectivity index (χ0n) is 10.8. The third-order valence-electron chi connectivity index (χ3n) is 1.39. The normalized spacial score (nSPS) is 10.6. The van der Waals surface area contributed by atoms with Gasteiger partial charge < -0.3 is 14.6 Å². The lowest BCUT2D eigenvalue weighted by molar-refractivity contribution is -0.169. The van der Waals surface area contributed by atoms with Gasteiger partial charge in [0.2, 0.25) is 0 Å². The van der Waals surface area contributed by atoms with E-state index >= 15 is 0 Å². The van der Waals surface area contributed by atoms with Gasteiger partial charge in [0.25, 0.3) is 0 Å². The summed E-state index contributed by atoms with van der Waals surface area (Å²) < 4.78 is 9.77. The molecule has 0 heterocycles. The van der Waals surface area contributed by atoms with Crippen LogP contribution in [0.1, 0.15) is 27.7 Å². The first kappa shape index (κ1) is 17.8. The third-order valence-corrected chi connectivity index (χ3v) is 1.39. The van der Waals surface area contributed by atoms with Gasteiger partial charge in [-0.2, -0.15) is 0 Å². The molecule has 0 rings (SSSR count). The second kappa shape index (κ2) is 9.59.